The Morgan fingerprint density at radius 3 is 2.24 bits per heavy atom. The van der Waals surface area contributed by atoms with Gasteiger partial charge in [0.1, 0.15) is 19.3 Å². The van der Waals surface area contributed by atoms with E-state index < -0.39 is 16.1 Å². The summed E-state index contributed by atoms with van der Waals surface area (Å²) in [7, 11) is -3.88. The average molecular weight is 486 g/mol. The lowest BCUT2D eigenvalue weighted by Crippen LogP contribution is -2.55. The van der Waals surface area contributed by atoms with Crippen molar-refractivity contribution in [3.8, 4) is 11.5 Å². The monoisotopic (exact) mass is 485 g/mol. The highest BCUT2D eigenvalue weighted by Crippen LogP contribution is 2.35. The molecule has 2 aromatic carbocycles. The highest BCUT2D eigenvalue weighted by molar-refractivity contribution is 7.89. The van der Waals surface area contributed by atoms with Crippen molar-refractivity contribution >= 4 is 21.8 Å². The van der Waals surface area contributed by atoms with Gasteiger partial charge in [-0.3, -0.25) is 9.59 Å². The second-order valence-corrected chi connectivity index (χ2v) is 10.5. The van der Waals surface area contributed by atoms with Gasteiger partial charge in [0.2, 0.25) is 15.9 Å². The standard InChI is InChI=1S/C24H27N3O6S/c28-23(18-5-2-1-3-6-18)25-11-13-26(14-12-25)24(29)20-7-4-10-27(20)34(30,31)19-8-9-21-22(17-19)33-16-15-32-21/h1-3,5-6,8-9,17,20H,4,7,10-16H2. The van der Waals surface area contributed by atoms with E-state index in [0.717, 1.165) is 0 Å². The van der Waals surface area contributed by atoms with Crippen molar-refractivity contribution in [1.29, 1.82) is 0 Å². The van der Waals surface area contributed by atoms with Crippen LogP contribution in [-0.4, -0.2) is 86.3 Å². The molecule has 0 aromatic heterocycles. The van der Waals surface area contributed by atoms with E-state index in [0.29, 0.717) is 75.8 Å². The molecule has 1 unspecified atom stereocenters. The molecule has 180 valence electrons. The minimum atomic E-state index is -3.88. The smallest absolute Gasteiger partial charge is 0.253 e. The van der Waals surface area contributed by atoms with Crippen LogP contribution in [0, 0.1) is 0 Å². The molecule has 1 atom stereocenters. The molecule has 0 aliphatic carbocycles. The Kier molecular flexibility index (Phi) is 6.18. The summed E-state index contributed by atoms with van der Waals surface area (Å²) in [5.41, 5.74) is 0.620. The maximum Gasteiger partial charge on any atom is 0.253 e. The van der Waals surface area contributed by atoms with E-state index in [1.54, 1.807) is 28.0 Å². The van der Waals surface area contributed by atoms with Crippen LogP contribution in [0.25, 0.3) is 0 Å². The zero-order chi connectivity index (χ0) is 23.7. The number of hydrogen-bond acceptors (Lipinski definition) is 6. The van der Waals surface area contributed by atoms with Gasteiger partial charge in [0.25, 0.3) is 5.91 Å². The summed E-state index contributed by atoms with van der Waals surface area (Å²) in [6.07, 6.45) is 1.10. The largest absolute Gasteiger partial charge is 0.486 e. The fourth-order valence-electron chi connectivity index (χ4n) is 4.70. The molecule has 2 amide bonds. The van der Waals surface area contributed by atoms with Crippen molar-refractivity contribution in [1.82, 2.24) is 14.1 Å². The fraction of sp³-hybridized carbons (Fsp3) is 0.417. The molecule has 3 aliphatic rings. The lowest BCUT2D eigenvalue weighted by atomic mass is 10.1. The Balaban J connectivity index is 1.27. The molecule has 9 nitrogen and oxygen atoms in total. The molecule has 10 heteroatoms. The van der Waals surface area contributed by atoms with E-state index in [4.69, 9.17) is 9.47 Å². The van der Waals surface area contributed by atoms with E-state index in [-0.39, 0.29) is 16.7 Å². The summed E-state index contributed by atoms with van der Waals surface area (Å²) in [5, 5.41) is 0. The van der Waals surface area contributed by atoms with Crippen molar-refractivity contribution in [3.63, 3.8) is 0 Å². The molecule has 0 bridgehead atoms. The van der Waals surface area contributed by atoms with Crippen LogP contribution in [0.4, 0.5) is 0 Å². The minimum absolute atomic E-state index is 0.0589. The Morgan fingerprint density at radius 1 is 0.824 bits per heavy atom. The van der Waals surface area contributed by atoms with Crippen LogP contribution < -0.4 is 9.47 Å². The Hall–Kier alpha value is -3.11. The third-order valence-corrected chi connectivity index (χ3v) is 8.41. The molecule has 2 saturated heterocycles. The van der Waals surface area contributed by atoms with Gasteiger partial charge in [0.15, 0.2) is 11.5 Å². The first-order valence-corrected chi connectivity index (χ1v) is 12.9. The van der Waals surface area contributed by atoms with Crippen LogP contribution in [0.5, 0.6) is 11.5 Å². The number of carbonyl (C=O) groups excluding carboxylic acids is 2. The number of carbonyl (C=O) groups is 2. The topological polar surface area (TPSA) is 96.5 Å². The normalized spacial score (nSPS) is 20.9. The van der Waals surface area contributed by atoms with E-state index in [9.17, 15) is 18.0 Å². The van der Waals surface area contributed by atoms with E-state index >= 15 is 0 Å². The fourth-order valence-corrected chi connectivity index (χ4v) is 6.36. The predicted octanol–water partition coefficient (Wildman–Crippen LogP) is 1.60. The second-order valence-electron chi connectivity index (χ2n) is 8.56. The first-order valence-electron chi connectivity index (χ1n) is 11.5. The van der Waals surface area contributed by atoms with Gasteiger partial charge in [-0.05, 0) is 37.1 Å². The lowest BCUT2D eigenvalue weighted by Gasteiger charge is -2.37. The first kappa shape index (κ1) is 22.7. The van der Waals surface area contributed by atoms with Gasteiger partial charge in [-0.15, -0.1) is 0 Å². The number of benzene rings is 2. The number of nitrogens with zero attached hydrogens (tertiary/aromatic N) is 3. The SMILES string of the molecule is O=C(c1ccccc1)N1CCN(C(=O)C2CCCN2S(=O)(=O)c2ccc3c(c2)OCCO3)CC1. The summed E-state index contributed by atoms with van der Waals surface area (Å²) in [5.74, 6) is 0.651. The Morgan fingerprint density at radius 2 is 1.50 bits per heavy atom. The zero-order valence-electron chi connectivity index (χ0n) is 18.8. The molecule has 2 fully saturated rings. The van der Waals surface area contributed by atoms with Gasteiger partial charge in [-0.1, -0.05) is 18.2 Å². The van der Waals surface area contributed by atoms with Gasteiger partial charge < -0.3 is 19.3 Å². The lowest BCUT2D eigenvalue weighted by molar-refractivity contribution is -0.136. The highest BCUT2D eigenvalue weighted by atomic mass is 32.2. The molecule has 0 radical (unpaired) electrons. The molecule has 0 spiro atoms. The van der Waals surface area contributed by atoms with Crippen molar-refractivity contribution in [2.45, 2.75) is 23.8 Å². The molecule has 0 saturated carbocycles. The van der Waals surface area contributed by atoms with E-state index in [1.807, 2.05) is 18.2 Å². The quantitative estimate of drug-likeness (QED) is 0.653. The maximum atomic E-state index is 13.4. The van der Waals surface area contributed by atoms with Crippen LogP contribution >= 0.6 is 0 Å². The third-order valence-electron chi connectivity index (χ3n) is 6.51. The molecule has 2 aromatic rings. The van der Waals surface area contributed by atoms with Crippen LogP contribution in [0.1, 0.15) is 23.2 Å². The maximum absolute atomic E-state index is 13.4. The average Bonchev–Trinajstić information content (AvgIpc) is 3.39. The second kappa shape index (κ2) is 9.27. The number of amides is 2. The van der Waals surface area contributed by atoms with Gasteiger partial charge in [0, 0.05) is 44.4 Å². The molecule has 5 rings (SSSR count). The minimum Gasteiger partial charge on any atom is -0.486 e. The first-order chi connectivity index (χ1) is 16.4. The summed E-state index contributed by atoms with van der Waals surface area (Å²) < 4.78 is 39.2. The van der Waals surface area contributed by atoms with Crippen LogP contribution in [0.3, 0.4) is 0 Å². The number of fused-ring (bicyclic) bond motifs is 1. The number of rotatable bonds is 4. The van der Waals surface area contributed by atoms with E-state index in [1.165, 1.54) is 16.4 Å². The molecular weight excluding hydrogens is 458 g/mol. The van der Waals surface area contributed by atoms with Crippen LogP contribution in [-0.2, 0) is 14.8 Å². The molecule has 3 aliphatic heterocycles. The van der Waals surface area contributed by atoms with E-state index in [2.05, 4.69) is 0 Å². The van der Waals surface area contributed by atoms with Gasteiger partial charge >= 0.3 is 0 Å². The van der Waals surface area contributed by atoms with Gasteiger partial charge in [-0.2, -0.15) is 4.31 Å². The van der Waals surface area contributed by atoms with Crippen LogP contribution in [0.15, 0.2) is 53.4 Å². The predicted molar refractivity (Wildman–Crippen MR) is 123 cm³/mol. The molecule has 34 heavy (non-hydrogen) atoms. The summed E-state index contributed by atoms with van der Waals surface area (Å²) in [6, 6.07) is 12.9. The number of ether oxygens (including phenoxy) is 2. The highest BCUT2D eigenvalue weighted by Gasteiger charge is 2.42. The van der Waals surface area contributed by atoms with Gasteiger partial charge in [0.05, 0.1) is 4.90 Å². The Labute approximate surface area is 198 Å². The Bertz CT molecular complexity index is 1180. The van der Waals surface area contributed by atoms with Crippen LogP contribution in [0.2, 0.25) is 0 Å². The summed E-state index contributed by atoms with van der Waals surface area (Å²) in [4.78, 5) is 29.5. The van der Waals surface area contributed by atoms with Crippen molar-refractivity contribution in [2.24, 2.45) is 0 Å². The van der Waals surface area contributed by atoms with Gasteiger partial charge in [-0.25, -0.2) is 8.42 Å². The molecule has 3 heterocycles. The van der Waals surface area contributed by atoms with Crippen molar-refractivity contribution in [2.75, 3.05) is 45.9 Å². The van der Waals surface area contributed by atoms with Crippen molar-refractivity contribution in [3.05, 3.63) is 54.1 Å². The number of hydrogen-bond donors (Lipinski definition) is 0. The molecule has 0 N–H and O–H groups in total. The van der Waals surface area contributed by atoms with Crippen molar-refractivity contribution < 1.29 is 27.5 Å². The summed E-state index contributed by atoms with van der Waals surface area (Å²) in [6.45, 7) is 2.67. The zero-order valence-corrected chi connectivity index (χ0v) is 19.6. The summed E-state index contributed by atoms with van der Waals surface area (Å²) >= 11 is 0. The molecular formula is C24H27N3O6S. The number of piperazine rings is 1. The number of sulfonamides is 1. The third kappa shape index (κ3) is 4.23.